The molecule has 2 aromatic heterocycles. The van der Waals surface area contributed by atoms with Crippen LogP contribution in [-0.2, 0) is 6.54 Å². The molecule has 0 saturated heterocycles. The topological polar surface area (TPSA) is 57.9 Å². The van der Waals surface area contributed by atoms with Gasteiger partial charge in [0.05, 0.1) is 0 Å². The molecular weight excluding hydrogens is 423 g/mol. The predicted molar refractivity (Wildman–Crippen MR) is 138 cm³/mol. The molecule has 1 aromatic carbocycles. The molecule has 5 rings (SSSR count). The Bertz CT molecular complexity index is 1240. The molecule has 3 heterocycles. The van der Waals surface area contributed by atoms with Crippen LogP contribution in [0.5, 0.6) is 0 Å². The van der Waals surface area contributed by atoms with E-state index >= 15 is 0 Å². The van der Waals surface area contributed by atoms with Crippen molar-refractivity contribution in [3.8, 4) is 0 Å². The van der Waals surface area contributed by atoms with E-state index < -0.39 is 0 Å². The Morgan fingerprint density at radius 3 is 2.76 bits per heavy atom. The zero-order valence-electron chi connectivity index (χ0n) is 19.9. The standard InChI is InChI=1S/C16H17FN2.C13H16N2/c1-11-9-14(6-7-16(11)17)10-19-8-4-5-15(12(2)18)13(19)3;1-2-5-10(6-3-1)12-9-15-13-11(12)7-4-8-14-13/h4-9H,2-3,10,18H2,1H3;4,7-10H,1-3,5-6H2,(H,14,15). The lowest BCUT2D eigenvalue weighted by Crippen LogP contribution is -2.21. The van der Waals surface area contributed by atoms with E-state index in [9.17, 15) is 4.39 Å². The molecule has 0 spiro atoms. The lowest BCUT2D eigenvalue weighted by Gasteiger charge is -2.27. The summed E-state index contributed by atoms with van der Waals surface area (Å²) in [6, 6.07) is 9.31. The largest absolute Gasteiger partial charge is 0.399 e. The van der Waals surface area contributed by atoms with Crippen LogP contribution in [0.3, 0.4) is 0 Å². The average molecular weight is 457 g/mol. The second-order valence-electron chi connectivity index (χ2n) is 9.08. The van der Waals surface area contributed by atoms with Crippen molar-refractivity contribution in [2.45, 2.75) is 51.5 Å². The van der Waals surface area contributed by atoms with Crippen molar-refractivity contribution in [3.05, 3.63) is 114 Å². The number of aryl methyl sites for hydroxylation is 1. The number of aromatic amines is 1. The van der Waals surface area contributed by atoms with Gasteiger partial charge < -0.3 is 15.6 Å². The first-order valence-corrected chi connectivity index (χ1v) is 11.9. The summed E-state index contributed by atoms with van der Waals surface area (Å²) in [5.41, 5.74) is 12.0. The van der Waals surface area contributed by atoms with Gasteiger partial charge in [-0.1, -0.05) is 44.6 Å². The van der Waals surface area contributed by atoms with Crippen LogP contribution in [0.15, 0.2) is 91.2 Å². The maximum Gasteiger partial charge on any atom is 0.137 e. The molecule has 1 aliphatic carbocycles. The fourth-order valence-corrected chi connectivity index (χ4v) is 4.75. The number of nitrogens with two attached hydrogens (primary N) is 1. The third kappa shape index (κ3) is 5.30. The monoisotopic (exact) mass is 456 g/mol. The molecule has 5 heteroatoms. The fourth-order valence-electron chi connectivity index (χ4n) is 4.75. The third-order valence-electron chi connectivity index (χ3n) is 6.64. The van der Waals surface area contributed by atoms with Crippen LogP contribution in [0.25, 0.3) is 11.0 Å². The van der Waals surface area contributed by atoms with E-state index in [2.05, 4.69) is 35.4 Å². The van der Waals surface area contributed by atoms with Crippen molar-refractivity contribution in [2.24, 2.45) is 5.73 Å². The van der Waals surface area contributed by atoms with Crippen LogP contribution in [0.2, 0.25) is 0 Å². The Balaban J connectivity index is 0.000000165. The van der Waals surface area contributed by atoms with Crippen molar-refractivity contribution in [2.75, 3.05) is 0 Å². The summed E-state index contributed by atoms with van der Waals surface area (Å²) >= 11 is 0. The number of benzene rings is 1. The maximum absolute atomic E-state index is 13.2. The van der Waals surface area contributed by atoms with E-state index in [1.165, 1.54) is 49.1 Å². The number of halogens is 1. The summed E-state index contributed by atoms with van der Waals surface area (Å²) in [5.74, 6) is 0.574. The van der Waals surface area contributed by atoms with Gasteiger partial charge in [0.1, 0.15) is 11.5 Å². The van der Waals surface area contributed by atoms with Crippen molar-refractivity contribution in [1.82, 2.24) is 14.9 Å². The summed E-state index contributed by atoms with van der Waals surface area (Å²) in [7, 11) is 0. The molecule has 1 fully saturated rings. The van der Waals surface area contributed by atoms with Crippen molar-refractivity contribution in [3.63, 3.8) is 0 Å². The lowest BCUT2D eigenvalue weighted by atomic mass is 9.84. The molecule has 3 N–H and O–H groups in total. The molecule has 1 saturated carbocycles. The quantitative estimate of drug-likeness (QED) is 0.445. The smallest absolute Gasteiger partial charge is 0.137 e. The Kier molecular flexibility index (Phi) is 7.31. The number of pyridine rings is 1. The number of rotatable bonds is 4. The molecule has 1 aliphatic heterocycles. The number of nitrogens with one attached hydrogen (secondary N) is 1. The normalized spacial score (nSPS) is 16.2. The molecule has 0 bridgehead atoms. The molecule has 0 amide bonds. The summed E-state index contributed by atoms with van der Waals surface area (Å²) in [5, 5.41) is 1.32. The molecule has 0 unspecified atom stereocenters. The van der Waals surface area contributed by atoms with Gasteiger partial charge in [-0.15, -0.1) is 0 Å². The molecule has 2 aliphatic rings. The minimum Gasteiger partial charge on any atom is -0.399 e. The predicted octanol–water partition coefficient (Wildman–Crippen LogP) is 6.99. The van der Waals surface area contributed by atoms with E-state index in [1.807, 2.05) is 41.6 Å². The van der Waals surface area contributed by atoms with Gasteiger partial charge in [-0.3, -0.25) is 0 Å². The highest BCUT2D eigenvalue weighted by Crippen LogP contribution is 2.35. The molecule has 0 radical (unpaired) electrons. The fraction of sp³-hybridized carbons (Fsp3) is 0.276. The second kappa shape index (κ2) is 10.6. The van der Waals surface area contributed by atoms with E-state index in [-0.39, 0.29) is 5.82 Å². The molecule has 0 atom stereocenters. The second-order valence-corrected chi connectivity index (χ2v) is 9.08. The van der Waals surface area contributed by atoms with E-state index in [1.54, 1.807) is 13.0 Å². The molecule has 176 valence electrons. The van der Waals surface area contributed by atoms with Gasteiger partial charge in [-0.25, -0.2) is 9.37 Å². The first kappa shape index (κ1) is 23.6. The Morgan fingerprint density at radius 1 is 1.24 bits per heavy atom. The van der Waals surface area contributed by atoms with Crippen molar-refractivity contribution < 1.29 is 4.39 Å². The minimum absolute atomic E-state index is 0.187. The third-order valence-corrected chi connectivity index (χ3v) is 6.64. The van der Waals surface area contributed by atoms with Gasteiger partial charge in [-0.2, -0.15) is 0 Å². The Labute approximate surface area is 201 Å². The maximum atomic E-state index is 13.2. The average Bonchev–Trinajstić information content (AvgIpc) is 3.28. The summed E-state index contributed by atoms with van der Waals surface area (Å²) < 4.78 is 13.2. The highest BCUT2D eigenvalue weighted by atomic mass is 19.1. The van der Waals surface area contributed by atoms with E-state index in [0.717, 1.165) is 28.4 Å². The lowest BCUT2D eigenvalue weighted by molar-refractivity contribution is 0.445. The number of hydrogen-bond donors (Lipinski definition) is 2. The summed E-state index contributed by atoms with van der Waals surface area (Å²) in [6.07, 6.45) is 16.6. The van der Waals surface area contributed by atoms with Crippen LogP contribution in [0, 0.1) is 12.7 Å². The van der Waals surface area contributed by atoms with Crippen LogP contribution < -0.4 is 5.73 Å². The number of fused-ring (bicyclic) bond motifs is 1. The van der Waals surface area contributed by atoms with E-state index in [0.29, 0.717) is 17.8 Å². The van der Waals surface area contributed by atoms with E-state index in [4.69, 9.17) is 5.73 Å². The zero-order chi connectivity index (χ0) is 24.1. The van der Waals surface area contributed by atoms with Gasteiger partial charge in [0, 0.05) is 47.5 Å². The number of nitrogens with zero attached hydrogens (tertiary/aromatic N) is 2. The SMILES string of the molecule is C=C(N)C1=CC=CN(Cc2ccc(F)c(C)c2)C1=C.c1cnc2[nH]cc(C3CCCCC3)c2c1. The first-order valence-electron chi connectivity index (χ1n) is 11.9. The first-order chi connectivity index (χ1) is 16.4. The van der Waals surface area contributed by atoms with Gasteiger partial charge in [0.25, 0.3) is 0 Å². The zero-order valence-corrected chi connectivity index (χ0v) is 19.9. The molecule has 3 aromatic rings. The summed E-state index contributed by atoms with van der Waals surface area (Å²) in [6.45, 7) is 10.1. The van der Waals surface area contributed by atoms with Gasteiger partial charge >= 0.3 is 0 Å². The van der Waals surface area contributed by atoms with Crippen LogP contribution in [0.4, 0.5) is 4.39 Å². The number of H-pyrrole nitrogens is 1. The van der Waals surface area contributed by atoms with Crippen LogP contribution >= 0.6 is 0 Å². The Hall–Kier alpha value is -3.60. The van der Waals surface area contributed by atoms with Gasteiger partial charge in [0.2, 0.25) is 0 Å². The number of aromatic nitrogens is 2. The number of hydrogen-bond acceptors (Lipinski definition) is 3. The Morgan fingerprint density at radius 2 is 2.03 bits per heavy atom. The van der Waals surface area contributed by atoms with Crippen molar-refractivity contribution >= 4 is 11.0 Å². The highest BCUT2D eigenvalue weighted by molar-refractivity contribution is 5.80. The highest BCUT2D eigenvalue weighted by Gasteiger charge is 2.18. The minimum atomic E-state index is -0.187. The molecule has 4 nitrogen and oxygen atoms in total. The van der Waals surface area contributed by atoms with Crippen molar-refractivity contribution in [1.29, 1.82) is 0 Å². The summed E-state index contributed by atoms with van der Waals surface area (Å²) in [4.78, 5) is 9.59. The molecule has 34 heavy (non-hydrogen) atoms. The molecular formula is C29H33FN4. The van der Waals surface area contributed by atoms with Gasteiger partial charge in [-0.05, 0) is 72.7 Å². The number of allylic oxidation sites excluding steroid dienone is 2. The van der Waals surface area contributed by atoms with Crippen LogP contribution in [-0.4, -0.2) is 14.9 Å². The van der Waals surface area contributed by atoms with Crippen LogP contribution in [0.1, 0.15) is 54.7 Å². The van der Waals surface area contributed by atoms with Gasteiger partial charge in [0.15, 0.2) is 0 Å².